The molecule has 0 saturated heterocycles. The quantitative estimate of drug-likeness (QED) is 0.874. The van der Waals surface area contributed by atoms with E-state index in [4.69, 9.17) is 0 Å². The highest BCUT2D eigenvalue weighted by Crippen LogP contribution is 2.30. The molecule has 0 aromatic carbocycles. The molecule has 0 radical (unpaired) electrons. The van der Waals surface area contributed by atoms with Crippen LogP contribution in [0.15, 0.2) is 18.3 Å². The van der Waals surface area contributed by atoms with Crippen molar-refractivity contribution in [1.82, 2.24) is 14.5 Å². The number of fused-ring (bicyclic) bond motifs is 1. The Balaban J connectivity index is 1.80. The number of carbonyl (C=O) groups is 1. The van der Waals surface area contributed by atoms with Crippen LogP contribution in [0, 0.1) is 13.8 Å². The van der Waals surface area contributed by atoms with E-state index in [2.05, 4.69) is 34.8 Å². The van der Waals surface area contributed by atoms with Gasteiger partial charge in [0.2, 0.25) is 5.91 Å². The van der Waals surface area contributed by atoms with Crippen molar-refractivity contribution in [2.45, 2.75) is 46.2 Å². The lowest BCUT2D eigenvalue weighted by Gasteiger charge is -2.36. The first-order valence-corrected chi connectivity index (χ1v) is 8.29. The summed E-state index contributed by atoms with van der Waals surface area (Å²) in [7, 11) is 0. The molecule has 112 valence electrons. The Bertz CT molecular complexity index is 658. The Morgan fingerprint density at radius 2 is 2.24 bits per heavy atom. The molecule has 1 atom stereocenters. The number of amides is 1. The van der Waals surface area contributed by atoms with Gasteiger partial charge in [0.25, 0.3) is 0 Å². The van der Waals surface area contributed by atoms with E-state index in [0.29, 0.717) is 6.42 Å². The zero-order valence-electron chi connectivity index (χ0n) is 12.8. The van der Waals surface area contributed by atoms with E-state index in [9.17, 15) is 4.79 Å². The maximum Gasteiger partial charge on any atom is 0.228 e. The summed E-state index contributed by atoms with van der Waals surface area (Å²) < 4.78 is 2.26. The van der Waals surface area contributed by atoms with Crippen LogP contribution in [0.2, 0.25) is 0 Å². The summed E-state index contributed by atoms with van der Waals surface area (Å²) in [5.41, 5.74) is 2.26. The van der Waals surface area contributed by atoms with E-state index in [1.807, 2.05) is 18.7 Å². The van der Waals surface area contributed by atoms with Crippen molar-refractivity contribution < 1.29 is 4.79 Å². The molecule has 2 aromatic rings. The summed E-state index contributed by atoms with van der Waals surface area (Å²) in [6.07, 6.45) is 3.54. The molecule has 2 aromatic heterocycles. The normalized spacial score (nSPS) is 17.9. The first-order chi connectivity index (χ1) is 10.1. The van der Waals surface area contributed by atoms with Crippen molar-refractivity contribution in [3.05, 3.63) is 39.6 Å². The second kappa shape index (κ2) is 5.64. The summed E-state index contributed by atoms with van der Waals surface area (Å²) in [6, 6.07) is 4.41. The predicted octanol–water partition coefficient (Wildman–Crippen LogP) is 3.10. The molecular weight excluding hydrogens is 282 g/mol. The molecule has 1 aliphatic rings. The third kappa shape index (κ3) is 2.62. The van der Waals surface area contributed by atoms with Crippen LogP contribution in [0.3, 0.4) is 0 Å². The fourth-order valence-electron chi connectivity index (χ4n) is 3.17. The van der Waals surface area contributed by atoms with Crippen LogP contribution in [0.1, 0.15) is 40.7 Å². The van der Waals surface area contributed by atoms with Gasteiger partial charge in [-0.2, -0.15) is 0 Å². The Labute approximate surface area is 129 Å². The zero-order chi connectivity index (χ0) is 15.0. The minimum atomic E-state index is 0.204. The summed E-state index contributed by atoms with van der Waals surface area (Å²) in [5, 5.41) is 1.04. The fraction of sp³-hybridized carbons (Fsp3) is 0.500. The number of rotatable bonds is 3. The topological polar surface area (TPSA) is 38.1 Å². The van der Waals surface area contributed by atoms with Crippen LogP contribution in [-0.4, -0.2) is 26.9 Å². The third-order valence-electron chi connectivity index (χ3n) is 4.18. The summed E-state index contributed by atoms with van der Waals surface area (Å²) in [6.45, 7) is 7.83. The van der Waals surface area contributed by atoms with Crippen molar-refractivity contribution >= 4 is 17.2 Å². The van der Waals surface area contributed by atoms with Gasteiger partial charge in [-0.25, -0.2) is 4.98 Å². The second-order valence-corrected chi connectivity index (χ2v) is 6.84. The van der Waals surface area contributed by atoms with Crippen LogP contribution >= 0.6 is 11.3 Å². The number of hydrogen-bond donors (Lipinski definition) is 0. The van der Waals surface area contributed by atoms with Gasteiger partial charge in [0, 0.05) is 29.9 Å². The Morgan fingerprint density at radius 1 is 1.43 bits per heavy atom. The lowest BCUT2D eigenvalue weighted by molar-refractivity contribution is -0.134. The van der Waals surface area contributed by atoms with Gasteiger partial charge in [-0.15, -0.1) is 11.3 Å². The Morgan fingerprint density at radius 3 is 2.90 bits per heavy atom. The van der Waals surface area contributed by atoms with Gasteiger partial charge in [0.15, 0.2) is 0 Å². The number of aryl methyl sites for hydroxylation is 2. The molecule has 0 N–H and O–H groups in total. The van der Waals surface area contributed by atoms with E-state index in [1.165, 1.54) is 5.69 Å². The lowest BCUT2D eigenvalue weighted by atomic mass is 10.1. The van der Waals surface area contributed by atoms with Crippen molar-refractivity contribution in [3.63, 3.8) is 0 Å². The first-order valence-electron chi connectivity index (χ1n) is 7.47. The van der Waals surface area contributed by atoms with E-state index in [0.717, 1.165) is 35.1 Å². The SMILES string of the molecule is CCC1c2cccn2CCN1C(=O)Cc1sc(C)nc1C. The molecule has 0 aliphatic carbocycles. The van der Waals surface area contributed by atoms with Crippen LogP contribution in [-0.2, 0) is 17.8 Å². The average Bonchev–Trinajstić information content (AvgIpc) is 3.04. The van der Waals surface area contributed by atoms with E-state index in [-0.39, 0.29) is 11.9 Å². The molecule has 3 heterocycles. The summed E-state index contributed by atoms with van der Waals surface area (Å²) in [5.74, 6) is 0.223. The third-order valence-corrected chi connectivity index (χ3v) is 5.26. The molecule has 5 heteroatoms. The standard InChI is InChI=1S/C16H21N3OS/c1-4-13-14-6-5-7-18(14)8-9-19(13)16(20)10-15-11(2)17-12(3)21-15/h5-7,13H,4,8-10H2,1-3H3. The maximum atomic E-state index is 12.7. The molecule has 0 saturated carbocycles. The average molecular weight is 303 g/mol. The molecule has 21 heavy (non-hydrogen) atoms. The van der Waals surface area contributed by atoms with Crippen molar-refractivity contribution in [3.8, 4) is 0 Å². The summed E-state index contributed by atoms with van der Waals surface area (Å²) in [4.78, 5) is 20.3. The number of thiazole rings is 1. The minimum absolute atomic E-state index is 0.204. The van der Waals surface area contributed by atoms with Crippen molar-refractivity contribution in [2.24, 2.45) is 0 Å². The molecule has 3 rings (SSSR count). The maximum absolute atomic E-state index is 12.7. The molecule has 4 nitrogen and oxygen atoms in total. The molecule has 1 amide bonds. The predicted molar refractivity (Wildman–Crippen MR) is 84.5 cm³/mol. The van der Waals surface area contributed by atoms with Gasteiger partial charge in [0.1, 0.15) is 0 Å². The molecular formula is C16H21N3OS. The first kappa shape index (κ1) is 14.3. The smallest absolute Gasteiger partial charge is 0.228 e. The van der Waals surface area contributed by atoms with Crippen LogP contribution in [0.4, 0.5) is 0 Å². The fourth-order valence-corrected chi connectivity index (χ4v) is 4.10. The lowest BCUT2D eigenvalue weighted by Crippen LogP contribution is -2.42. The van der Waals surface area contributed by atoms with Crippen LogP contribution in [0.5, 0.6) is 0 Å². The van der Waals surface area contributed by atoms with Crippen molar-refractivity contribution in [1.29, 1.82) is 0 Å². The summed E-state index contributed by atoms with van der Waals surface area (Å²) >= 11 is 1.64. The Hall–Kier alpha value is -1.62. The zero-order valence-corrected chi connectivity index (χ0v) is 13.6. The molecule has 0 fully saturated rings. The van der Waals surface area contributed by atoms with E-state index >= 15 is 0 Å². The highest BCUT2D eigenvalue weighted by Gasteiger charge is 2.29. The minimum Gasteiger partial charge on any atom is -0.348 e. The van der Waals surface area contributed by atoms with E-state index < -0.39 is 0 Å². The molecule has 0 spiro atoms. The van der Waals surface area contributed by atoms with Crippen molar-refractivity contribution in [2.75, 3.05) is 6.54 Å². The number of carbonyl (C=O) groups excluding carboxylic acids is 1. The highest BCUT2D eigenvalue weighted by atomic mass is 32.1. The number of hydrogen-bond acceptors (Lipinski definition) is 3. The van der Waals surface area contributed by atoms with Gasteiger partial charge in [-0.05, 0) is 32.4 Å². The van der Waals surface area contributed by atoms with Crippen LogP contribution in [0.25, 0.3) is 0 Å². The monoisotopic (exact) mass is 303 g/mol. The van der Waals surface area contributed by atoms with Gasteiger partial charge >= 0.3 is 0 Å². The largest absolute Gasteiger partial charge is 0.348 e. The number of nitrogens with zero attached hydrogens (tertiary/aromatic N) is 3. The van der Waals surface area contributed by atoms with Gasteiger partial charge < -0.3 is 9.47 Å². The van der Waals surface area contributed by atoms with Crippen LogP contribution < -0.4 is 0 Å². The van der Waals surface area contributed by atoms with Gasteiger partial charge in [-0.1, -0.05) is 6.92 Å². The number of aromatic nitrogens is 2. The van der Waals surface area contributed by atoms with Gasteiger partial charge in [0.05, 0.1) is 23.2 Å². The second-order valence-electron chi connectivity index (χ2n) is 5.56. The molecule has 1 unspecified atom stereocenters. The van der Waals surface area contributed by atoms with E-state index in [1.54, 1.807) is 11.3 Å². The Kier molecular flexibility index (Phi) is 3.85. The molecule has 1 aliphatic heterocycles. The highest BCUT2D eigenvalue weighted by molar-refractivity contribution is 7.11. The molecule has 0 bridgehead atoms. The van der Waals surface area contributed by atoms with Gasteiger partial charge in [-0.3, -0.25) is 4.79 Å².